The van der Waals surface area contributed by atoms with Crippen LogP contribution in [0.1, 0.15) is 45.1 Å². The number of carbonyl (C=O) groups excluding carboxylic acids is 1. The quantitative estimate of drug-likeness (QED) is 0.564. The van der Waals surface area contributed by atoms with Gasteiger partial charge in [0.15, 0.2) is 0 Å². The van der Waals surface area contributed by atoms with Gasteiger partial charge < -0.3 is 14.9 Å². The molecule has 1 unspecified atom stereocenters. The lowest BCUT2D eigenvalue weighted by atomic mass is 10.0. The van der Waals surface area contributed by atoms with Crippen molar-refractivity contribution in [3.05, 3.63) is 29.8 Å². The molecular formula is C17H24O4. The van der Waals surface area contributed by atoms with Crippen molar-refractivity contribution in [1.82, 2.24) is 0 Å². The number of rotatable bonds is 8. The van der Waals surface area contributed by atoms with Crippen molar-refractivity contribution in [3.63, 3.8) is 0 Å². The molecule has 116 valence electrons. The molecule has 0 saturated carbocycles. The number of phenols is 2. The van der Waals surface area contributed by atoms with Gasteiger partial charge in [-0.05, 0) is 30.5 Å². The zero-order valence-corrected chi connectivity index (χ0v) is 12.7. The van der Waals surface area contributed by atoms with Crippen molar-refractivity contribution in [1.29, 1.82) is 0 Å². The van der Waals surface area contributed by atoms with Crippen LogP contribution in [0.5, 0.6) is 11.5 Å². The van der Waals surface area contributed by atoms with Gasteiger partial charge in [-0.2, -0.15) is 0 Å². The SMILES string of the molecule is CCCCC(CC)COC(=O)/C=C/c1ccc(O)cc1O. The summed E-state index contributed by atoms with van der Waals surface area (Å²) in [5.41, 5.74) is 0.461. The zero-order valence-electron chi connectivity index (χ0n) is 12.7. The summed E-state index contributed by atoms with van der Waals surface area (Å²) in [5, 5.41) is 18.8. The lowest BCUT2D eigenvalue weighted by Gasteiger charge is -2.13. The number of phenolic OH excluding ortho intramolecular Hbond substituents is 2. The van der Waals surface area contributed by atoms with E-state index in [0.29, 0.717) is 18.1 Å². The molecular weight excluding hydrogens is 268 g/mol. The fraction of sp³-hybridized carbons (Fsp3) is 0.471. The van der Waals surface area contributed by atoms with E-state index in [1.54, 1.807) is 0 Å². The summed E-state index contributed by atoms with van der Waals surface area (Å²) >= 11 is 0. The Labute approximate surface area is 126 Å². The predicted molar refractivity (Wildman–Crippen MR) is 83.1 cm³/mol. The minimum absolute atomic E-state index is 0.0195. The van der Waals surface area contributed by atoms with Gasteiger partial charge in [0.25, 0.3) is 0 Å². The molecule has 4 nitrogen and oxygen atoms in total. The van der Waals surface area contributed by atoms with E-state index in [1.165, 1.54) is 30.4 Å². The van der Waals surface area contributed by atoms with E-state index < -0.39 is 5.97 Å². The highest BCUT2D eigenvalue weighted by atomic mass is 16.5. The van der Waals surface area contributed by atoms with Crippen LogP contribution in [0.4, 0.5) is 0 Å². The van der Waals surface area contributed by atoms with E-state index in [4.69, 9.17) is 4.74 Å². The molecule has 0 aliphatic carbocycles. The highest BCUT2D eigenvalue weighted by molar-refractivity contribution is 5.87. The second-order valence-corrected chi connectivity index (χ2v) is 5.12. The van der Waals surface area contributed by atoms with E-state index in [1.807, 2.05) is 0 Å². The normalized spacial score (nSPS) is 12.5. The molecule has 1 atom stereocenters. The second-order valence-electron chi connectivity index (χ2n) is 5.12. The molecule has 21 heavy (non-hydrogen) atoms. The van der Waals surface area contributed by atoms with Gasteiger partial charge in [-0.1, -0.05) is 33.1 Å². The number of aromatic hydroxyl groups is 2. The van der Waals surface area contributed by atoms with Crippen LogP contribution in [-0.4, -0.2) is 22.8 Å². The third kappa shape index (κ3) is 6.34. The number of hydrogen-bond donors (Lipinski definition) is 2. The third-order valence-corrected chi connectivity index (χ3v) is 3.42. The number of unbranched alkanes of at least 4 members (excludes halogenated alkanes) is 1. The summed E-state index contributed by atoms with van der Waals surface area (Å²) in [4.78, 5) is 11.6. The Hall–Kier alpha value is -1.97. The Morgan fingerprint density at radius 2 is 2.10 bits per heavy atom. The smallest absolute Gasteiger partial charge is 0.330 e. The molecule has 1 aromatic carbocycles. The Morgan fingerprint density at radius 1 is 1.33 bits per heavy atom. The third-order valence-electron chi connectivity index (χ3n) is 3.42. The monoisotopic (exact) mass is 292 g/mol. The number of esters is 1. The molecule has 0 amide bonds. The highest BCUT2D eigenvalue weighted by Crippen LogP contribution is 2.23. The Bertz CT molecular complexity index is 480. The highest BCUT2D eigenvalue weighted by Gasteiger charge is 2.08. The molecule has 0 radical (unpaired) electrons. The van der Waals surface area contributed by atoms with Crippen molar-refractivity contribution in [2.45, 2.75) is 39.5 Å². The van der Waals surface area contributed by atoms with Crippen LogP contribution in [0.25, 0.3) is 6.08 Å². The number of benzene rings is 1. The summed E-state index contributed by atoms with van der Waals surface area (Å²) in [6, 6.07) is 4.20. The van der Waals surface area contributed by atoms with Crippen LogP contribution < -0.4 is 0 Å². The van der Waals surface area contributed by atoms with E-state index in [9.17, 15) is 15.0 Å². The maximum absolute atomic E-state index is 11.6. The number of hydrogen-bond acceptors (Lipinski definition) is 4. The number of ether oxygens (including phenoxy) is 1. The summed E-state index contributed by atoms with van der Waals surface area (Å²) in [6.07, 6.45) is 7.12. The van der Waals surface area contributed by atoms with Crippen LogP contribution in [0.15, 0.2) is 24.3 Å². The van der Waals surface area contributed by atoms with Crippen molar-refractivity contribution < 1.29 is 19.7 Å². The van der Waals surface area contributed by atoms with Gasteiger partial charge in [0.05, 0.1) is 6.61 Å². The molecule has 0 bridgehead atoms. The topological polar surface area (TPSA) is 66.8 Å². The largest absolute Gasteiger partial charge is 0.508 e. The summed E-state index contributed by atoms with van der Waals surface area (Å²) in [6.45, 7) is 4.67. The lowest BCUT2D eigenvalue weighted by molar-refractivity contribution is -0.139. The van der Waals surface area contributed by atoms with E-state index in [-0.39, 0.29) is 11.5 Å². The zero-order chi connectivity index (χ0) is 15.7. The predicted octanol–water partition coefficient (Wildman–Crippen LogP) is 3.87. The molecule has 1 rings (SSSR count). The van der Waals surface area contributed by atoms with E-state index in [0.717, 1.165) is 25.7 Å². The molecule has 0 aliphatic rings. The molecule has 0 fully saturated rings. The van der Waals surface area contributed by atoms with Crippen molar-refractivity contribution in [2.75, 3.05) is 6.61 Å². The Morgan fingerprint density at radius 3 is 2.71 bits per heavy atom. The van der Waals surface area contributed by atoms with E-state index >= 15 is 0 Å². The molecule has 0 aliphatic heterocycles. The first kappa shape index (κ1) is 17.1. The second kappa shape index (κ2) is 9.06. The van der Waals surface area contributed by atoms with Crippen LogP contribution in [0, 0.1) is 5.92 Å². The molecule has 0 aromatic heterocycles. The van der Waals surface area contributed by atoms with Crippen molar-refractivity contribution in [2.24, 2.45) is 5.92 Å². The molecule has 0 spiro atoms. The summed E-state index contributed by atoms with van der Waals surface area (Å²) < 4.78 is 5.22. The Kier molecular flexibility index (Phi) is 7.37. The van der Waals surface area contributed by atoms with Crippen molar-refractivity contribution >= 4 is 12.0 Å². The van der Waals surface area contributed by atoms with Gasteiger partial charge in [-0.15, -0.1) is 0 Å². The minimum atomic E-state index is -0.419. The maximum Gasteiger partial charge on any atom is 0.330 e. The summed E-state index contributed by atoms with van der Waals surface area (Å²) in [7, 11) is 0. The Balaban J connectivity index is 2.47. The van der Waals surface area contributed by atoms with Gasteiger partial charge in [-0.3, -0.25) is 0 Å². The maximum atomic E-state index is 11.6. The first-order valence-electron chi connectivity index (χ1n) is 7.43. The first-order chi connectivity index (χ1) is 10.1. The average molecular weight is 292 g/mol. The fourth-order valence-corrected chi connectivity index (χ4v) is 1.98. The lowest BCUT2D eigenvalue weighted by Crippen LogP contribution is -2.12. The van der Waals surface area contributed by atoms with Gasteiger partial charge in [-0.25, -0.2) is 4.79 Å². The van der Waals surface area contributed by atoms with E-state index in [2.05, 4.69) is 13.8 Å². The van der Waals surface area contributed by atoms with Gasteiger partial charge in [0.2, 0.25) is 0 Å². The molecule has 4 heteroatoms. The van der Waals surface area contributed by atoms with Crippen LogP contribution in [-0.2, 0) is 9.53 Å². The average Bonchev–Trinajstić information content (AvgIpc) is 2.46. The van der Waals surface area contributed by atoms with Crippen LogP contribution >= 0.6 is 0 Å². The standard InChI is InChI=1S/C17H24O4/c1-3-5-6-13(4-2)12-21-17(20)10-8-14-7-9-15(18)11-16(14)19/h7-11,13,18-19H,3-6,12H2,1-2H3/b10-8+. The fourth-order valence-electron chi connectivity index (χ4n) is 1.98. The summed E-state index contributed by atoms with van der Waals surface area (Å²) in [5.74, 6) is -0.107. The van der Waals surface area contributed by atoms with Gasteiger partial charge in [0, 0.05) is 17.7 Å². The molecule has 1 aromatic rings. The van der Waals surface area contributed by atoms with Crippen LogP contribution in [0.2, 0.25) is 0 Å². The van der Waals surface area contributed by atoms with Crippen molar-refractivity contribution in [3.8, 4) is 11.5 Å². The number of carbonyl (C=O) groups is 1. The van der Waals surface area contributed by atoms with Crippen LogP contribution in [0.3, 0.4) is 0 Å². The molecule has 2 N–H and O–H groups in total. The minimum Gasteiger partial charge on any atom is -0.508 e. The first-order valence-corrected chi connectivity index (χ1v) is 7.43. The molecule has 0 saturated heterocycles. The van der Waals surface area contributed by atoms with Gasteiger partial charge >= 0.3 is 5.97 Å². The van der Waals surface area contributed by atoms with Gasteiger partial charge in [0.1, 0.15) is 11.5 Å². The molecule has 0 heterocycles.